The Balaban J connectivity index is 1.31. The summed E-state index contributed by atoms with van der Waals surface area (Å²) in [5.41, 5.74) is 3.20. The fourth-order valence-electron chi connectivity index (χ4n) is 4.64. The first-order valence-corrected chi connectivity index (χ1v) is 17.7. The molecule has 3 N–H and O–H groups in total. The molecule has 0 aliphatic rings. The first kappa shape index (κ1) is 35.4. The fraction of sp³-hybridized carbons (Fsp3) is 0.135. The second-order valence-electron chi connectivity index (χ2n) is 10.5. The molecule has 3 amide bonds. The molecule has 0 fully saturated rings. The van der Waals surface area contributed by atoms with Crippen molar-refractivity contribution >= 4 is 73.6 Å². The maximum Gasteiger partial charge on any atom is 0.272 e. The molecule has 0 saturated carbocycles. The van der Waals surface area contributed by atoms with Gasteiger partial charge in [-0.3, -0.25) is 14.4 Å². The number of nitrogens with one attached hydrogen (secondary N) is 3. The third-order valence-electron chi connectivity index (χ3n) is 7.18. The predicted octanol–water partition coefficient (Wildman–Crippen LogP) is 8.51. The maximum atomic E-state index is 13.7. The molecule has 12 heteroatoms. The van der Waals surface area contributed by atoms with E-state index in [0.29, 0.717) is 39.9 Å². The van der Waals surface area contributed by atoms with Crippen molar-refractivity contribution in [2.45, 2.75) is 23.5 Å². The Morgan fingerprint density at radius 3 is 2.41 bits per heavy atom. The van der Waals surface area contributed by atoms with Crippen LogP contribution < -0.4 is 25.4 Å². The standard InChI is InChI=1S/C37H33BrN4O5S2/c1-4-33(36(45)42-37-41-31(22-48-37)23-13-16-26(38)17-14-23)49-29-12-8-11-27(20-29)39-35(44)30(40-34(43)24-9-6-5-7-10-24)19-25-15-18-28(46-2)21-32(25)47-3/h5-22,33H,4H2,1-3H3,(H,39,44)(H,40,43)(H,41,42,45)/b30-19+. The number of aromatic nitrogens is 1. The monoisotopic (exact) mass is 756 g/mol. The molecule has 0 aliphatic heterocycles. The molecule has 0 saturated heterocycles. The molecule has 4 aromatic carbocycles. The number of thiazole rings is 1. The number of ether oxygens (including phenoxy) is 2. The van der Waals surface area contributed by atoms with Gasteiger partial charge in [0.15, 0.2) is 5.13 Å². The minimum absolute atomic E-state index is 0.00661. The van der Waals surface area contributed by atoms with Crippen LogP contribution in [0.5, 0.6) is 11.5 Å². The normalized spacial score (nSPS) is 11.7. The molecular weight excluding hydrogens is 724 g/mol. The van der Waals surface area contributed by atoms with Crippen molar-refractivity contribution in [1.82, 2.24) is 10.3 Å². The van der Waals surface area contributed by atoms with E-state index in [1.54, 1.807) is 79.9 Å². The van der Waals surface area contributed by atoms with Gasteiger partial charge in [0, 0.05) is 43.2 Å². The third-order valence-corrected chi connectivity index (χ3v) is 9.82. The number of halogens is 1. The van der Waals surface area contributed by atoms with Crippen molar-refractivity contribution in [1.29, 1.82) is 0 Å². The molecule has 5 aromatic rings. The Hall–Kier alpha value is -4.91. The highest BCUT2D eigenvalue weighted by molar-refractivity contribution is 9.10. The summed E-state index contributed by atoms with van der Waals surface area (Å²) >= 11 is 6.20. The highest BCUT2D eigenvalue weighted by Crippen LogP contribution is 2.31. The number of rotatable bonds is 13. The van der Waals surface area contributed by atoms with Gasteiger partial charge in [-0.2, -0.15) is 0 Å². The number of nitrogens with zero attached hydrogens (tertiary/aromatic N) is 1. The average Bonchev–Trinajstić information content (AvgIpc) is 3.59. The Kier molecular flexibility index (Phi) is 12.3. The van der Waals surface area contributed by atoms with Crippen LogP contribution in [0.2, 0.25) is 0 Å². The molecule has 1 atom stereocenters. The van der Waals surface area contributed by atoms with Gasteiger partial charge in [-0.05, 0) is 67.1 Å². The number of amides is 3. The molecule has 0 bridgehead atoms. The van der Waals surface area contributed by atoms with Gasteiger partial charge in [-0.1, -0.05) is 59.3 Å². The molecule has 1 heterocycles. The topological polar surface area (TPSA) is 119 Å². The first-order valence-electron chi connectivity index (χ1n) is 15.2. The minimum atomic E-state index is -0.542. The van der Waals surface area contributed by atoms with Crippen LogP contribution in [0.25, 0.3) is 17.3 Å². The lowest BCUT2D eigenvalue weighted by atomic mass is 10.1. The molecule has 0 radical (unpaired) electrons. The summed E-state index contributed by atoms with van der Waals surface area (Å²) in [5.74, 6) is -0.109. The van der Waals surface area contributed by atoms with E-state index in [1.165, 1.54) is 30.2 Å². The Bertz CT molecular complexity index is 1970. The number of carbonyl (C=O) groups is 3. The van der Waals surface area contributed by atoms with Crippen molar-refractivity contribution in [2.75, 3.05) is 24.9 Å². The molecular formula is C37H33BrN4O5S2. The molecule has 5 rings (SSSR count). The average molecular weight is 758 g/mol. The Labute approximate surface area is 301 Å². The van der Waals surface area contributed by atoms with E-state index in [9.17, 15) is 14.4 Å². The number of hydrogen-bond acceptors (Lipinski definition) is 8. The zero-order valence-corrected chi connectivity index (χ0v) is 30.1. The van der Waals surface area contributed by atoms with Gasteiger partial charge in [0.2, 0.25) is 5.91 Å². The molecule has 9 nitrogen and oxygen atoms in total. The fourth-order valence-corrected chi connectivity index (χ4v) is 6.64. The lowest BCUT2D eigenvalue weighted by Gasteiger charge is -2.15. The van der Waals surface area contributed by atoms with E-state index < -0.39 is 17.1 Å². The minimum Gasteiger partial charge on any atom is -0.497 e. The molecule has 250 valence electrons. The number of thioether (sulfide) groups is 1. The lowest BCUT2D eigenvalue weighted by molar-refractivity contribution is -0.116. The van der Waals surface area contributed by atoms with Gasteiger partial charge < -0.3 is 25.4 Å². The van der Waals surface area contributed by atoms with Crippen LogP contribution in [0.4, 0.5) is 10.8 Å². The summed E-state index contributed by atoms with van der Waals surface area (Å²) < 4.78 is 11.8. The lowest BCUT2D eigenvalue weighted by Crippen LogP contribution is -2.30. The van der Waals surface area contributed by atoms with E-state index in [0.717, 1.165) is 20.6 Å². The van der Waals surface area contributed by atoms with Gasteiger partial charge in [0.1, 0.15) is 17.2 Å². The van der Waals surface area contributed by atoms with Gasteiger partial charge in [-0.15, -0.1) is 23.1 Å². The number of carbonyl (C=O) groups excluding carboxylic acids is 3. The van der Waals surface area contributed by atoms with Gasteiger partial charge in [0.05, 0.1) is 25.2 Å². The van der Waals surface area contributed by atoms with Crippen LogP contribution in [0.3, 0.4) is 0 Å². The van der Waals surface area contributed by atoms with Crippen LogP contribution in [-0.4, -0.2) is 42.2 Å². The summed E-state index contributed by atoms with van der Waals surface area (Å²) in [6.07, 6.45) is 2.12. The van der Waals surface area contributed by atoms with Gasteiger partial charge >= 0.3 is 0 Å². The largest absolute Gasteiger partial charge is 0.497 e. The maximum absolute atomic E-state index is 13.7. The van der Waals surface area contributed by atoms with Crippen LogP contribution in [0.15, 0.2) is 118 Å². The van der Waals surface area contributed by atoms with Crippen molar-refractivity contribution in [3.05, 3.63) is 124 Å². The third kappa shape index (κ3) is 9.59. The van der Waals surface area contributed by atoms with E-state index in [1.807, 2.05) is 42.6 Å². The van der Waals surface area contributed by atoms with Crippen LogP contribution >= 0.6 is 39.0 Å². The van der Waals surface area contributed by atoms with Crippen LogP contribution in [0.1, 0.15) is 29.3 Å². The zero-order valence-electron chi connectivity index (χ0n) is 26.9. The quantitative estimate of drug-likeness (QED) is 0.0815. The number of methoxy groups -OCH3 is 2. The second-order valence-corrected chi connectivity index (χ2v) is 13.6. The molecule has 1 aromatic heterocycles. The summed E-state index contributed by atoms with van der Waals surface area (Å²) in [5, 5.41) is 10.6. The summed E-state index contributed by atoms with van der Waals surface area (Å²) in [4.78, 5) is 45.4. The highest BCUT2D eigenvalue weighted by Gasteiger charge is 2.21. The van der Waals surface area contributed by atoms with E-state index in [4.69, 9.17) is 9.47 Å². The Morgan fingerprint density at radius 1 is 0.918 bits per heavy atom. The second kappa shape index (κ2) is 17.0. The van der Waals surface area contributed by atoms with Crippen molar-refractivity contribution in [2.24, 2.45) is 0 Å². The molecule has 49 heavy (non-hydrogen) atoms. The SMILES string of the molecule is CCC(Sc1cccc(NC(=O)/C(=C\c2ccc(OC)cc2OC)NC(=O)c2ccccc2)c1)C(=O)Nc1nc(-c2ccc(Br)cc2)cs1. The smallest absolute Gasteiger partial charge is 0.272 e. The van der Waals surface area contributed by atoms with Gasteiger partial charge in [-0.25, -0.2) is 4.98 Å². The number of hydrogen-bond donors (Lipinski definition) is 3. The molecule has 1 unspecified atom stereocenters. The number of anilines is 2. The van der Waals surface area contributed by atoms with E-state index in [2.05, 4.69) is 36.9 Å². The molecule has 0 aliphatic carbocycles. The van der Waals surface area contributed by atoms with Crippen molar-refractivity contribution in [3.8, 4) is 22.8 Å². The van der Waals surface area contributed by atoms with E-state index in [-0.39, 0.29) is 11.6 Å². The van der Waals surface area contributed by atoms with Crippen LogP contribution in [0, 0.1) is 0 Å². The summed E-state index contributed by atoms with van der Waals surface area (Å²) in [6.45, 7) is 1.94. The number of benzene rings is 4. The first-order chi connectivity index (χ1) is 23.8. The van der Waals surface area contributed by atoms with Crippen molar-refractivity contribution < 1.29 is 23.9 Å². The highest BCUT2D eigenvalue weighted by atomic mass is 79.9. The van der Waals surface area contributed by atoms with E-state index >= 15 is 0 Å². The van der Waals surface area contributed by atoms with Crippen LogP contribution in [-0.2, 0) is 9.59 Å². The summed E-state index contributed by atoms with van der Waals surface area (Å²) in [6, 6.07) is 28.8. The molecule has 0 spiro atoms. The predicted molar refractivity (Wildman–Crippen MR) is 200 cm³/mol. The van der Waals surface area contributed by atoms with Crippen molar-refractivity contribution in [3.63, 3.8) is 0 Å². The zero-order chi connectivity index (χ0) is 34.8. The summed E-state index contributed by atoms with van der Waals surface area (Å²) in [7, 11) is 3.06. The van der Waals surface area contributed by atoms with Gasteiger partial charge in [0.25, 0.3) is 11.8 Å². The Morgan fingerprint density at radius 2 is 1.69 bits per heavy atom.